The number of aryl methyl sites for hydroxylation is 1. The molecule has 0 saturated heterocycles. The lowest BCUT2D eigenvalue weighted by molar-refractivity contribution is -0.132. The predicted molar refractivity (Wildman–Crippen MR) is 237 cm³/mol. The lowest BCUT2D eigenvalue weighted by Crippen LogP contribution is -2.41. The Kier molecular flexibility index (Phi) is 11.3. The van der Waals surface area contributed by atoms with E-state index in [0.717, 1.165) is 41.2 Å². The summed E-state index contributed by atoms with van der Waals surface area (Å²) in [6, 6.07) is 21.6. The number of isothiocyanates is 2. The molecule has 9 rings (SSSR count). The fourth-order valence-corrected chi connectivity index (χ4v) is 8.91. The van der Waals surface area contributed by atoms with Crippen molar-refractivity contribution in [2.24, 2.45) is 21.3 Å². The van der Waals surface area contributed by atoms with Crippen LogP contribution < -0.4 is 10.6 Å². The molecule has 3 aromatic carbocycles. The Hall–Kier alpha value is -6.43. The van der Waals surface area contributed by atoms with Gasteiger partial charge in [0.05, 0.1) is 74.5 Å². The molecule has 1 amide bonds. The average molecular weight is 885 g/mol. The monoisotopic (exact) mass is 884 g/mol. The molecule has 4 aromatic heterocycles. The highest BCUT2D eigenvalue weighted by Gasteiger charge is 2.75. The van der Waals surface area contributed by atoms with Crippen LogP contribution in [-0.4, -0.2) is 95.2 Å². The van der Waals surface area contributed by atoms with Crippen molar-refractivity contribution < 1.29 is 15.0 Å². The molecular weight excluding hydrogens is 848 g/mol. The molecule has 7 aromatic rings. The number of nitrogens with zero attached hydrogens (tertiary/aromatic N) is 12. The summed E-state index contributed by atoms with van der Waals surface area (Å²) in [5.74, 6) is 0.0300. The van der Waals surface area contributed by atoms with Crippen LogP contribution in [0.15, 0.2) is 95.3 Å². The summed E-state index contributed by atoms with van der Waals surface area (Å²) in [4.78, 5) is 35.9. The Bertz CT molecular complexity index is 2910. The maximum atomic E-state index is 13.0. The van der Waals surface area contributed by atoms with Gasteiger partial charge in [-0.25, -0.2) is 24.3 Å². The van der Waals surface area contributed by atoms with Gasteiger partial charge >= 0.3 is 0 Å². The largest absolute Gasteiger partial charge is 0.389 e. The van der Waals surface area contributed by atoms with Gasteiger partial charge in [0.25, 0.3) is 0 Å². The lowest BCUT2D eigenvalue weighted by atomic mass is 9.98. The Morgan fingerprint density at radius 3 is 2.39 bits per heavy atom. The smallest absolute Gasteiger partial charge is 0.229 e. The van der Waals surface area contributed by atoms with Crippen LogP contribution >= 0.6 is 36.0 Å². The fraction of sp³-hybridized carbons (Fsp3) is 0.286. The fourth-order valence-electron chi connectivity index (χ4n) is 8.48. The number of nitrogens with one attached hydrogen (secondary N) is 2. The molecule has 5 atom stereocenters. The van der Waals surface area contributed by atoms with Gasteiger partial charge in [0, 0.05) is 24.5 Å². The summed E-state index contributed by atoms with van der Waals surface area (Å²) < 4.78 is 5.23. The van der Waals surface area contributed by atoms with Gasteiger partial charge in [0.1, 0.15) is 11.6 Å². The zero-order chi connectivity index (χ0) is 43.0. The van der Waals surface area contributed by atoms with Crippen LogP contribution in [0.2, 0.25) is 5.02 Å². The molecular formula is C42H37ClN14O3S2. The number of fused-ring (bicyclic) bond motifs is 2. The maximum Gasteiger partial charge on any atom is 0.229 e. The standard InChI is InChI=1S/C42H37ClN14O3S2/c1-44-41(60)42-18-31(42)35(36(58)37(42)59)55-21-46-34-38(45-19-24-5-4-6-25(43)17-24)49-39(50-40(34)55)33-32(57(54-52-33)30-15-11-27(12-16-30)48-23-62)8-3-2-7-28-20-56(53-51-28)29-13-9-26(10-14-29)47-22-61/h4-6,9-17,20-21,31,35-37,58-59H,2-3,7-8,18-19H2,1H3,(H,44,60)(H,45,49,50)/t31-,35-,36+,37+,42+/m1/s1. The topological polar surface area (TPSA) is 211 Å². The number of thiocarbonyl (C=S) groups is 2. The van der Waals surface area contributed by atoms with Crippen LogP contribution in [0.5, 0.6) is 0 Å². The van der Waals surface area contributed by atoms with E-state index in [1.807, 2.05) is 72.9 Å². The second-order valence-corrected chi connectivity index (χ2v) is 16.0. The molecule has 62 heavy (non-hydrogen) atoms. The van der Waals surface area contributed by atoms with Crippen molar-refractivity contribution in [3.8, 4) is 22.9 Å². The van der Waals surface area contributed by atoms with E-state index in [-0.39, 0.29) is 17.6 Å². The second kappa shape index (κ2) is 17.1. The maximum absolute atomic E-state index is 13.0. The molecule has 0 aliphatic heterocycles. The number of amides is 1. The van der Waals surface area contributed by atoms with Crippen molar-refractivity contribution in [3.05, 3.63) is 107 Å². The van der Waals surface area contributed by atoms with E-state index in [9.17, 15) is 15.0 Å². The number of carbonyl (C=O) groups excluding carboxylic acids is 1. The van der Waals surface area contributed by atoms with E-state index in [2.05, 4.69) is 51.6 Å². The third kappa shape index (κ3) is 7.60. The first-order valence-electron chi connectivity index (χ1n) is 19.8. The van der Waals surface area contributed by atoms with E-state index in [0.29, 0.717) is 64.9 Å². The molecule has 20 heteroatoms. The third-order valence-corrected chi connectivity index (χ3v) is 12.0. The van der Waals surface area contributed by atoms with Crippen LogP contribution in [0, 0.1) is 11.3 Å². The Labute approximate surface area is 369 Å². The SMILES string of the molecule is CNC(=O)[C@@]12C[C@@H]1[C@@H](n1cnc3c(NCc4cccc(Cl)c4)nc(-c4nnn(-c5ccc(N=C=S)cc5)c4CCCCc4cn(-c5ccc(N=C=S)cc5)nn4)nc31)[C@H](O)[C@@H]2O. The van der Waals surface area contributed by atoms with Crippen molar-refractivity contribution >= 4 is 80.6 Å². The zero-order valence-corrected chi connectivity index (χ0v) is 35.4. The van der Waals surface area contributed by atoms with Gasteiger partial charge < -0.3 is 25.4 Å². The highest BCUT2D eigenvalue weighted by atomic mass is 35.5. The molecule has 2 aliphatic carbocycles. The summed E-state index contributed by atoms with van der Waals surface area (Å²) in [5.41, 5.74) is 5.60. The first kappa shape index (κ1) is 40.9. The molecule has 0 unspecified atom stereocenters. The number of hydrogen-bond acceptors (Lipinski definition) is 15. The minimum Gasteiger partial charge on any atom is -0.389 e. The van der Waals surface area contributed by atoms with E-state index in [1.54, 1.807) is 26.3 Å². The molecule has 2 aliphatic rings. The van der Waals surface area contributed by atoms with Gasteiger partial charge in [-0.05, 0) is 123 Å². The van der Waals surface area contributed by atoms with Crippen LogP contribution in [0.4, 0.5) is 17.2 Å². The molecule has 4 N–H and O–H groups in total. The number of rotatable bonds is 15. The van der Waals surface area contributed by atoms with Crippen LogP contribution in [0.3, 0.4) is 0 Å². The van der Waals surface area contributed by atoms with Crippen molar-refractivity contribution in [1.29, 1.82) is 0 Å². The third-order valence-electron chi connectivity index (χ3n) is 11.6. The van der Waals surface area contributed by atoms with Gasteiger partial charge in [0.15, 0.2) is 23.0 Å². The quantitative estimate of drug-likeness (QED) is 0.0531. The van der Waals surface area contributed by atoms with Gasteiger partial charge in [0.2, 0.25) is 5.91 Å². The van der Waals surface area contributed by atoms with E-state index in [4.69, 9.17) is 51.0 Å². The van der Waals surface area contributed by atoms with Crippen molar-refractivity contribution in [1.82, 2.24) is 54.8 Å². The number of carbonyl (C=O) groups is 1. The van der Waals surface area contributed by atoms with Crippen LogP contribution in [-0.2, 0) is 24.2 Å². The second-order valence-electron chi connectivity index (χ2n) is 15.2. The zero-order valence-electron chi connectivity index (χ0n) is 33.0. The molecule has 0 bridgehead atoms. The Balaban J connectivity index is 1.06. The van der Waals surface area contributed by atoms with Gasteiger partial charge in [-0.3, -0.25) is 4.79 Å². The molecule has 0 radical (unpaired) electrons. The summed E-state index contributed by atoms with van der Waals surface area (Å²) in [7, 11) is 1.53. The minimum absolute atomic E-state index is 0.266. The number of aliphatic imine (C=N–C) groups is 2. The number of benzene rings is 3. The minimum atomic E-state index is -1.27. The Morgan fingerprint density at radius 1 is 0.952 bits per heavy atom. The lowest BCUT2D eigenvalue weighted by Gasteiger charge is -2.23. The van der Waals surface area contributed by atoms with E-state index >= 15 is 0 Å². The summed E-state index contributed by atoms with van der Waals surface area (Å²) >= 11 is 15.8. The van der Waals surface area contributed by atoms with Crippen molar-refractivity contribution in [3.63, 3.8) is 0 Å². The number of anilines is 1. The first-order valence-corrected chi connectivity index (χ1v) is 21.0. The number of aliphatic hydroxyl groups is 2. The Morgan fingerprint density at radius 2 is 1.68 bits per heavy atom. The molecule has 312 valence electrons. The number of aliphatic hydroxyl groups excluding tert-OH is 2. The highest BCUT2D eigenvalue weighted by molar-refractivity contribution is 7.78. The predicted octanol–water partition coefficient (Wildman–Crippen LogP) is 5.98. The number of imidazole rings is 1. The van der Waals surface area contributed by atoms with Gasteiger partial charge in [-0.15, -0.1) is 10.2 Å². The van der Waals surface area contributed by atoms with Gasteiger partial charge in [-0.2, -0.15) is 9.98 Å². The summed E-state index contributed by atoms with van der Waals surface area (Å²) in [6.07, 6.45) is 4.08. The van der Waals surface area contributed by atoms with Gasteiger partial charge in [-0.1, -0.05) is 34.2 Å². The van der Waals surface area contributed by atoms with Crippen molar-refractivity contribution in [2.45, 2.75) is 56.9 Å². The van der Waals surface area contributed by atoms with Crippen LogP contribution in [0.1, 0.15) is 42.3 Å². The normalized spacial score (nSPS) is 20.0. The summed E-state index contributed by atoms with van der Waals surface area (Å²) in [5, 5.41) is 52.1. The highest BCUT2D eigenvalue weighted by Crippen LogP contribution is 2.67. The van der Waals surface area contributed by atoms with Crippen molar-refractivity contribution in [2.75, 3.05) is 12.4 Å². The molecule has 2 saturated carbocycles. The summed E-state index contributed by atoms with van der Waals surface area (Å²) in [6.45, 7) is 0.362. The molecule has 4 heterocycles. The first-order chi connectivity index (χ1) is 30.2. The van der Waals surface area contributed by atoms with E-state index < -0.39 is 23.7 Å². The molecule has 17 nitrogen and oxygen atoms in total. The van der Waals surface area contributed by atoms with Crippen LogP contribution in [0.25, 0.3) is 34.1 Å². The number of aromatic nitrogens is 10. The molecule has 0 spiro atoms. The van der Waals surface area contributed by atoms with E-state index in [1.165, 1.54) is 7.05 Å². The number of unbranched alkanes of at least 4 members (excludes halogenated alkanes) is 1. The average Bonchev–Trinajstić information content (AvgIpc) is 3.64. The number of halogens is 1. The number of hydrogen-bond donors (Lipinski definition) is 4. The molecule has 2 fully saturated rings.